The number of anilines is 1. The smallest absolute Gasteiger partial charge is 0.143 e. The quantitative estimate of drug-likeness (QED) is 0.903. The second-order valence-electron chi connectivity index (χ2n) is 4.24. The van der Waals surface area contributed by atoms with Crippen LogP contribution in [0, 0.1) is 5.41 Å². The van der Waals surface area contributed by atoms with E-state index in [4.69, 9.17) is 0 Å². The van der Waals surface area contributed by atoms with Crippen LogP contribution in [0.4, 0.5) is 5.82 Å². The van der Waals surface area contributed by atoms with Crippen LogP contribution in [0.3, 0.4) is 0 Å². The lowest BCUT2D eigenvalue weighted by molar-refractivity contribution is 0.180. The molecule has 4 heteroatoms. The van der Waals surface area contributed by atoms with Crippen LogP contribution < -0.4 is 5.32 Å². The van der Waals surface area contributed by atoms with E-state index >= 15 is 0 Å². The van der Waals surface area contributed by atoms with Crippen LogP contribution in [0.5, 0.6) is 0 Å². The lowest BCUT2D eigenvalue weighted by Crippen LogP contribution is -2.33. The van der Waals surface area contributed by atoms with Crippen LogP contribution in [-0.2, 0) is 0 Å². The van der Waals surface area contributed by atoms with E-state index in [0.29, 0.717) is 5.41 Å². The summed E-state index contributed by atoms with van der Waals surface area (Å²) in [6.07, 6.45) is 7.34. The van der Waals surface area contributed by atoms with Crippen molar-refractivity contribution in [2.75, 3.05) is 11.9 Å². The van der Waals surface area contributed by atoms with Gasteiger partial charge in [-0.25, -0.2) is 9.97 Å². The molecule has 1 aliphatic rings. The Bertz CT molecular complexity index is 323. The van der Waals surface area contributed by atoms with Crippen molar-refractivity contribution in [1.29, 1.82) is 0 Å². The first-order chi connectivity index (χ1) is 6.70. The van der Waals surface area contributed by atoms with Crippen molar-refractivity contribution in [3.05, 3.63) is 17.0 Å². The topological polar surface area (TPSA) is 37.8 Å². The SMILES string of the molecule is CC1(CNc2ncncc2Br)CCC1. The Morgan fingerprint density at radius 1 is 1.57 bits per heavy atom. The molecule has 0 aromatic carbocycles. The molecule has 1 fully saturated rings. The molecule has 1 saturated carbocycles. The van der Waals surface area contributed by atoms with Crippen LogP contribution in [0.15, 0.2) is 17.0 Å². The summed E-state index contributed by atoms with van der Waals surface area (Å²) >= 11 is 3.42. The Kier molecular flexibility index (Phi) is 2.72. The molecule has 0 spiro atoms. The van der Waals surface area contributed by atoms with Crippen molar-refractivity contribution in [3.63, 3.8) is 0 Å². The minimum absolute atomic E-state index is 0.477. The molecule has 0 radical (unpaired) electrons. The summed E-state index contributed by atoms with van der Waals surface area (Å²) in [4.78, 5) is 8.10. The van der Waals surface area contributed by atoms with Crippen LogP contribution >= 0.6 is 15.9 Å². The summed E-state index contributed by atoms with van der Waals surface area (Å²) in [6, 6.07) is 0. The molecule has 0 saturated heterocycles. The Morgan fingerprint density at radius 3 is 2.93 bits per heavy atom. The molecule has 3 nitrogen and oxygen atoms in total. The average molecular weight is 256 g/mol. The van der Waals surface area contributed by atoms with E-state index < -0.39 is 0 Å². The van der Waals surface area contributed by atoms with Gasteiger partial charge < -0.3 is 5.32 Å². The Morgan fingerprint density at radius 2 is 2.36 bits per heavy atom. The summed E-state index contributed by atoms with van der Waals surface area (Å²) in [7, 11) is 0. The molecular weight excluding hydrogens is 242 g/mol. The van der Waals surface area contributed by atoms with Gasteiger partial charge in [0.2, 0.25) is 0 Å². The van der Waals surface area contributed by atoms with Gasteiger partial charge in [0.1, 0.15) is 12.1 Å². The van der Waals surface area contributed by atoms with E-state index in [1.54, 1.807) is 12.5 Å². The summed E-state index contributed by atoms with van der Waals surface area (Å²) < 4.78 is 0.933. The average Bonchev–Trinajstić information content (AvgIpc) is 2.14. The highest BCUT2D eigenvalue weighted by molar-refractivity contribution is 9.10. The van der Waals surface area contributed by atoms with E-state index in [1.165, 1.54) is 19.3 Å². The van der Waals surface area contributed by atoms with Gasteiger partial charge in [0, 0.05) is 12.7 Å². The zero-order valence-corrected chi connectivity index (χ0v) is 9.84. The third-order valence-corrected chi connectivity index (χ3v) is 3.49. The fraction of sp³-hybridized carbons (Fsp3) is 0.600. The monoisotopic (exact) mass is 255 g/mol. The van der Waals surface area contributed by atoms with Gasteiger partial charge in [0.25, 0.3) is 0 Å². The zero-order valence-electron chi connectivity index (χ0n) is 8.26. The van der Waals surface area contributed by atoms with Gasteiger partial charge in [-0.1, -0.05) is 13.3 Å². The fourth-order valence-corrected chi connectivity index (χ4v) is 2.06. The van der Waals surface area contributed by atoms with Crippen LogP contribution in [0.2, 0.25) is 0 Å². The third kappa shape index (κ3) is 2.05. The molecular formula is C10H14BrN3. The van der Waals surface area contributed by atoms with Crippen LogP contribution in [0.25, 0.3) is 0 Å². The van der Waals surface area contributed by atoms with E-state index in [1.807, 2.05) is 0 Å². The van der Waals surface area contributed by atoms with Gasteiger partial charge in [-0.15, -0.1) is 0 Å². The molecule has 14 heavy (non-hydrogen) atoms. The number of halogens is 1. The van der Waals surface area contributed by atoms with Crippen molar-refractivity contribution in [1.82, 2.24) is 9.97 Å². The Balaban J connectivity index is 1.95. The number of rotatable bonds is 3. The van der Waals surface area contributed by atoms with Crippen molar-refractivity contribution >= 4 is 21.7 Å². The first kappa shape index (κ1) is 9.90. The maximum absolute atomic E-state index is 4.17. The van der Waals surface area contributed by atoms with Gasteiger partial charge in [0.05, 0.1) is 4.47 Å². The van der Waals surface area contributed by atoms with Gasteiger partial charge in [-0.2, -0.15) is 0 Å². The maximum atomic E-state index is 4.17. The first-order valence-electron chi connectivity index (χ1n) is 4.89. The maximum Gasteiger partial charge on any atom is 0.143 e. The molecule has 1 aromatic rings. The molecule has 76 valence electrons. The molecule has 1 N–H and O–H groups in total. The highest BCUT2D eigenvalue weighted by Crippen LogP contribution is 2.40. The van der Waals surface area contributed by atoms with Crippen molar-refractivity contribution in [2.45, 2.75) is 26.2 Å². The largest absolute Gasteiger partial charge is 0.368 e. The predicted octanol–water partition coefficient (Wildman–Crippen LogP) is 2.84. The molecule has 1 aliphatic carbocycles. The highest BCUT2D eigenvalue weighted by atomic mass is 79.9. The van der Waals surface area contributed by atoms with Gasteiger partial charge in [0.15, 0.2) is 0 Å². The molecule has 0 unspecified atom stereocenters. The van der Waals surface area contributed by atoms with Crippen molar-refractivity contribution < 1.29 is 0 Å². The lowest BCUT2D eigenvalue weighted by Gasteiger charge is -2.38. The van der Waals surface area contributed by atoms with E-state index in [-0.39, 0.29) is 0 Å². The standard InChI is InChI=1S/C10H14BrN3/c1-10(3-2-4-10)6-13-9-8(11)5-12-7-14-9/h5,7H,2-4,6H2,1H3,(H,12,13,14). The number of hydrogen-bond acceptors (Lipinski definition) is 3. The van der Waals surface area contributed by atoms with E-state index in [2.05, 4.69) is 38.1 Å². The molecule has 0 bridgehead atoms. The predicted molar refractivity (Wildman–Crippen MR) is 60.2 cm³/mol. The lowest BCUT2D eigenvalue weighted by atomic mass is 9.70. The second-order valence-corrected chi connectivity index (χ2v) is 5.09. The molecule has 1 aromatic heterocycles. The van der Waals surface area contributed by atoms with E-state index in [0.717, 1.165) is 16.8 Å². The van der Waals surface area contributed by atoms with E-state index in [9.17, 15) is 0 Å². The third-order valence-electron chi connectivity index (χ3n) is 2.91. The highest BCUT2D eigenvalue weighted by Gasteiger charge is 2.31. The number of nitrogens with zero attached hydrogens (tertiary/aromatic N) is 2. The normalized spacial score (nSPS) is 18.7. The van der Waals surface area contributed by atoms with Gasteiger partial charge >= 0.3 is 0 Å². The summed E-state index contributed by atoms with van der Waals surface area (Å²) in [5.74, 6) is 0.896. The summed E-state index contributed by atoms with van der Waals surface area (Å²) in [5.41, 5.74) is 0.477. The zero-order chi connectivity index (χ0) is 10.0. The van der Waals surface area contributed by atoms with Gasteiger partial charge in [-0.05, 0) is 34.2 Å². The molecule has 0 aliphatic heterocycles. The minimum Gasteiger partial charge on any atom is -0.368 e. The van der Waals surface area contributed by atoms with Crippen LogP contribution in [-0.4, -0.2) is 16.5 Å². The molecule has 0 atom stereocenters. The van der Waals surface area contributed by atoms with Crippen molar-refractivity contribution in [2.24, 2.45) is 5.41 Å². The molecule has 2 rings (SSSR count). The summed E-state index contributed by atoms with van der Waals surface area (Å²) in [5, 5.41) is 3.36. The minimum atomic E-state index is 0.477. The molecule has 1 heterocycles. The number of aromatic nitrogens is 2. The Labute approximate surface area is 92.5 Å². The Hall–Kier alpha value is -0.640. The second kappa shape index (κ2) is 3.85. The number of hydrogen-bond donors (Lipinski definition) is 1. The summed E-state index contributed by atoms with van der Waals surface area (Å²) in [6.45, 7) is 3.32. The van der Waals surface area contributed by atoms with Crippen LogP contribution in [0.1, 0.15) is 26.2 Å². The fourth-order valence-electron chi connectivity index (χ4n) is 1.70. The number of nitrogens with one attached hydrogen (secondary N) is 1. The van der Waals surface area contributed by atoms with Gasteiger partial charge in [-0.3, -0.25) is 0 Å². The molecule has 0 amide bonds. The van der Waals surface area contributed by atoms with Crippen molar-refractivity contribution in [3.8, 4) is 0 Å². The first-order valence-corrected chi connectivity index (χ1v) is 5.68.